The Balaban J connectivity index is 2.14. The third kappa shape index (κ3) is 6.71. The number of rotatable bonds is 10. The standard InChI is InChI=1S/C26H33NO4/c1-7-30-25-16-21(12-14-23(28)22-11-9-8-10-20(22)6)13-15-24(25)31-17-26(29)27(18(2)3)19(4)5/h8-16,18-19H,7,17H2,1-6H3/b14-12+. The van der Waals surface area contributed by atoms with Crippen LogP contribution in [0.15, 0.2) is 48.5 Å². The highest BCUT2D eigenvalue weighted by atomic mass is 16.5. The molecule has 0 unspecified atom stereocenters. The summed E-state index contributed by atoms with van der Waals surface area (Å²) in [5, 5.41) is 0. The Morgan fingerprint density at radius 3 is 2.26 bits per heavy atom. The maximum atomic E-state index is 12.6. The SMILES string of the molecule is CCOc1cc(/C=C/C(=O)c2ccccc2C)ccc1OCC(=O)N(C(C)C)C(C)C. The number of amides is 1. The lowest BCUT2D eigenvalue weighted by atomic mass is 10.0. The van der Waals surface area contributed by atoms with Gasteiger partial charge in [-0.25, -0.2) is 0 Å². The Morgan fingerprint density at radius 2 is 1.65 bits per heavy atom. The van der Waals surface area contributed by atoms with Crippen molar-refractivity contribution in [3.05, 3.63) is 65.2 Å². The molecule has 2 aromatic rings. The molecular formula is C26H33NO4. The zero-order chi connectivity index (χ0) is 23.0. The second-order valence-corrected chi connectivity index (χ2v) is 7.93. The average molecular weight is 424 g/mol. The fourth-order valence-corrected chi connectivity index (χ4v) is 3.51. The molecule has 0 aliphatic rings. The number of hydrogen-bond donors (Lipinski definition) is 0. The molecule has 0 aromatic heterocycles. The van der Waals surface area contributed by atoms with Gasteiger partial charge in [0.2, 0.25) is 0 Å². The van der Waals surface area contributed by atoms with E-state index in [1.807, 2.05) is 77.9 Å². The third-order valence-electron chi connectivity index (χ3n) is 4.86. The minimum absolute atomic E-state index is 0.0514. The normalized spacial score (nSPS) is 11.2. The number of ether oxygens (including phenoxy) is 2. The molecule has 5 nitrogen and oxygen atoms in total. The molecule has 0 saturated heterocycles. The number of allylic oxidation sites excluding steroid dienone is 1. The molecule has 0 N–H and O–H groups in total. The Bertz CT molecular complexity index is 923. The van der Waals surface area contributed by atoms with Crippen molar-refractivity contribution < 1.29 is 19.1 Å². The molecule has 0 fully saturated rings. The third-order valence-corrected chi connectivity index (χ3v) is 4.86. The smallest absolute Gasteiger partial charge is 0.260 e. The van der Waals surface area contributed by atoms with E-state index in [9.17, 15) is 9.59 Å². The van der Waals surface area contributed by atoms with Crippen LogP contribution in [0.25, 0.3) is 6.08 Å². The molecule has 0 bridgehead atoms. The number of benzene rings is 2. The van der Waals surface area contributed by atoms with E-state index in [4.69, 9.17) is 9.47 Å². The van der Waals surface area contributed by atoms with E-state index in [-0.39, 0.29) is 30.4 Å². The van der Waals surface area contributed by atoms with Crippen LogP contribution < -0.4 is 9.47 Å². The molecule has 5 heteroatoms. The topological polar surface area (TPSA) is 55.8 Å². The van der Waals surface area contributed by atoms with Crippen LogP contribution >= 0.6 is 0 Å². The summed E-state index contributed by atoms with van der Waals surface area (Å²) < 4.78 is 11.5. The van der Waals surface area contributed by atoms with Gasteiger partial charge >= 0.3 is 0 Å². The second-order valence-electron chi connectivity index (χ2n) is 7.93. The van der Waals surface area contributed by atoms with Crippen LogP contribution in [0.4, 0.5) is 0 Å². The Kier molecular flexibility index (Phi) is 8.86. The number of nitrogens with zero attached hydrogens (tertiary/aromatic N) is 1. The van der Waals surface area contributed by atoms with E-state index >= 15 is 0 Å². The van der Waals surface area contributed by atoms with E-state index in [1.54, 1.807) is 23.1 Å². The van der Waals surface area contributed by atoms with Crippen molar-refractivity contribution in [1.82, 2.24) is 4.90 Å². The molecule has 0 aliphatic carbocycles. The van der Waals surface area contributed by atoms with Gasteiger partial charge in [0.05, 0.1) is 6.61 Å². The Morgan fingerprint density at radius 1 is 0.968 bits per heavy atom. The summed E-state index contributed by atoms with van der Waals surface area (Å²) >= 11 is 0. The molecule has 0 heterocycles. The summed E-state index contributed by atoms with van der Waals surface area (Å²) in [5.41, 5.74) is 2.44. The van der Waals surface area contributed by atoms with Crippen LogP contribution in [-0.4, -0.2) is 41.9 Å². The maximum Gasteiger partial charge on any atom is 0.260 e. The van der Waals surface area contributed by atoms with Crippen molar-refractivity contribution in [2.45, 2.75) is 53.6 Å². The van der Waals surface area contributed by atoms with Gasteiger partial charge in [0, 0.05) is 17.6 Å². The van der Waals surface area contributed by atoms with E-state index in [1.165, 1.54) is 0 Å². The van der Waals surface area contributed by atoms with Crippen molar-refractivity contribution in [2.75, 3.05) is 13.2 Å². The first-order chi connectivity index (χ1) is 14.7. The molecule has 0 radical (unpaired) electrons. The second kappa shape index (κ2) is 11.3. The summed E-state index contributed by atoms with van der Waals surface area (Å²) in [6.45, 7) is 12.2. The monoisotopic (exact) mass is 423 g/mol. The van der Waals surface area contributed by atoms with Gasteiger partial charge in [-0.05, 0) is 70.9 Å². The van der Waals surface area contributed by atoms with Gasteiger partial charge in [-0.3, -0.25) is 9.59 Å². The van der Waals surface area contributed by atoms with Crippen molar-refractivity contribution in [3.63, 3.8) is 0 Å². The van der Waals surface area contributed by atoms with Crippen molar-refractivity contribution in [1.29, 1.82) is 0 Å². The zero-order valence-corrected chi connectivity index (χ0v) is 19.3. The predicted molar refractivity (Wildman–Crippen MR) is 125 cm³/mol. The molecule has 166 valence electrons. The average Bonchev–Trinajstić information content (AvgIpc) is 2.71. The molecule has 0 atom stereocenters. The van der Waals surface area contributed by atoms with Gasteiger partial charge in [0.1, 0.15) is 0 Å². The number of hydrogen-bond acceptors (Lipinski definition) is 4. The van der Waals surface area contributed by atoms with Gasteiger partial charge in [-0.2, -0.15) is 0 Å². The highest BCUT2D eigenvalue weighted by Crippen LogP contribution is 2.29. The first kappa shape index (κ1) is 24.2. The number of carbonyl (C=O) groups is 2. The quantitative estimate of drug-likeness (QED) is 0.384. The predicted octanol–water partition coefficient (Wildman–Crippen LogP) is 5.31. The summed E-state index contributed by atoms with van der Waals surface area (Å²) in [6.07, 6.45) is 3.31. The van der Waals surface area contributed by atoms with Crippen molar-refractivity contribution >= 4 is 17.8 Å². The fourth-order valence-electron chi connectivity index (χ4n) is 3.51. The van der Waals surface area contributed by atoms with Crippen LogP contribution in [0.1, 0.15) is 56.1 Å². The number of aryl methyl sites for hydroxylation is 1. The van der Waals surface area contributed by atoms with E-state index in [2.05, 4.69) is 0 Å². The Labute approximate surface area is 185 Å². The Hall–Kier alpha value is -3.08. The van der Waals surface area contributed by atoms with Crippen LogP contribution in [0, 0.1) is 6.92 Å². The highest BCUT2D eigenvalue weighted by molar-refractivity contribution is 6.07. The van der Waals surface area contributed by atoms with Crippen LogP contribution in [-0.2, 0) is 4.79 Å². The van der Waals surface area contributed by atoms with Crippen LogP contribution in [0.2, 0.25) is 0 Å². The molecule has 0 aliphatic heterocycles. The molecule has 0 saturated carbocycles. The van der Waals surface area contributed by atoms with Crippen molar-refractivity contribution in [3.8, 4) is 11.5 Å². The zero-order valence-electron chi connectivity index (χ0n) is 19.3. The number of ketones is 1. The first-order valence-corrected chi connectivity index (χ1v) is 10.7. The number of carbonyl (C=O) groups excluding carboxylic acids is 2. The summed E-state index contributed by atoms with van der Waals surface area (Å²) in [6, 6.07) is 13.1. The largest absolute Gasteiger partial charge is 0.490 e. The first-order valence-electron chi connectivity index (χ1n) is 10.7. The molecular weight excluding hydrogens is 390 g/mol. The molecule has 31 heavy (non-hydrogen) atoms. The highest BCUT2D eigenvalue weighted by Gasteiger charge is 2.21. The van der Waals surface area contributed by atoms with E-state index < -0.39 is 0 Å². The minimum atomic E-state index is -0.0692. The van der Waals surface area contributed by atoms with E-state index in [0.29, 0.717) is 23.7 Å². The van der Waals surface area contributed by atoms with Gasteiger partial charge in [-0.1, -0.05) is 36.4 Å². The van der Waals surface area contributed by atoms with Crippen LogP contribution in [0.3, 0.4) is 0 Å². The van der Waals surface area contributed by atoms with Gasteiger partial charge in [0.25, 0.3) is 5.91 Å². The van der Waals surface area contributed by atoms with E-state index in [0.717, 1.165) is 11.1 Å². The fraction of sp³-hybridized carbons (Fsp3) is 0.385. The lowest BCUT2D eigenvalue weighted by Gasteiger charge is -2.30. The van der Waals surface area contributed by atoms with Crippen molar-refractivity contribution in [2.24, 2.45) is 0 Å². The maximum absolute atomic E-state index is 12.6. The lowest BCUT2D eigenvalue weighted by Crippen LogP contribution is -2.44. The molecule has 0 spiro atoms. The minimum Gasteiger partial charge on any atom is -0.490 e. The van der Waals surface area contributed by atoms with Gasteiger partial charge in [-0.15, -0.1) is 0 Å². The summed E-state index contributed by atoms with van der Waals surface area (Å²) in [4.78, 5) is 26.9. The summed E-state index contributed by atoms with van der Waals surface area (Å²) in [7, 11) is 0. The molecule has 1 amide bonds. The van der Waals surface area contributed by atoms with Crippen LogP contribution in [0.5, 0.6) is 11.5 Å². The van der Waals surface area contributed by atoms with Gasteiger partial charge in [0.15, 0.2) is 23.9 Å². The molecule has 2 rings (SSSR count). The van der Waals surface area contributed by atoms with Gasteiger partial charge < -0.3 is 14.4 Å². The summed E-state index contributed by atoms with van der Waals surface area (Å²) in [5.74, 6) is 0.927. The molecule has 2 aromatic carbocycles. The lowest BCUT2D eigenvalue weighted by molar-refractivity contribution is -0.137.